The third kappa shape index (κ3) is 2.93. The lowest BCUT2D eigenvalue weighted by Crippen LogP contribution is -2.43. The largest absolute Gasteiger partial charge is 0.393 e. The lowest BCUT2D eigenvalue weighted by molar-refractivity contribution is 0.0315. The molecule has 0 saturated carbocycles. The monoisotopic (exact) mass is 281 g/mol. The van der Waals surface area contributed by atoms with Crippen molar-refractivity contribution >= 4 is 16.5 Å². The third-order valence-electron chi connectivity index (χ3n) is 4.28. The van der Waals surface area contributed by atoms with Crippen molar-refractivity contribution in [1.82, 2.24) is 9.88 Å². The number of nitrogens with one attached hydrogen (secondary N) is 1. The Morgan fingerprint density at radius 2 is 2.16 bits per heavy atom. The molecule has 2 aliphatic rings. The van der Waals surface area contributed by atoms with E-state index in [0.717, 1.165) is 37.5 Å². The average Bonchev–Trinajstić information content (AvgIpc) is 2.92. The van der Waals surface area contributed by atoms with Gasteiger partial charge in [0.05, 0.1) is 6.10 Å². The molecule has 1 aromatic rings. The quantitative estimate of drug-likeness (QED) is 0.870. The van der Waals surface area contributed by atoms with E-state index in [1.54, 1.807) is 11.3 Å². The molecule has 19 heavy (non-hydrogen) atoms. The molecule has 2 atom stereocenters. The molecule has 3 rings (SSSR count). The van der Waals surface area contributed by atoms with Crippen LogP contribution in [0.25, 0.3) is 0 Å². The molecule has 0 aliphatic carbocycles. The molecule has 0 aromatic carbocycles. The highest BCUT2D eigenvalue weighted by Crippen LogP contribution is 2.37. The second kappa shape index (κ2) is 5.77. The number of thiazole rings is 1. The molecule has 1 aromatic heterocycles. The van der Waals surface area contributed by atoms with Gasteiger partial charge in [0.1, 0.15) is 0 Å². The van der Waals surface area contributed by atoms with Gasteiger partial charge in [0, 0.05) is 36.2 Å². The summed E-state index contributed by atoms with van der Waals surface area (Å²) in [6, 6.07) is 1.17. The molecule has 2 fully saturated rings. The summed E-state index contributed by atoms with van der Waals surface area (Å²) in [4.78, 5) is 8.36. The van der Waals surface area contributed by atoms with Crippen LogP contribution in [0.15, 0.2) is 6.20 Å². The van der Waals surface area contributed by atoms with Crippen molar-refractivity contribution in [3.05, 3.63) is 11.1 Å². The number of piperidine rings is 1. The predicted molar refractivity (Wildman–Crippen MR) is 78.5 cm³/mol. The summed E-state index contributed by atoms with van der Waals surface area (Å²) in [6.45, 7) is 4.17. The smallest absolute Gasteiger partial charge is 0.182 e. The highest BCUT2D eigenvalue weighted by Gasteiger charge is 2.40. The lowest BCUT2D eigenvalue weighted by Gasteiger charge is -2.36. The number of nitrogens with zero attached hydrogens (tertiary/aromatic N) is 2. The summed E-state index contributed by atoms with van der Waals surface area (Å²) in [6.07, 6.45) is 7.48. The van der Waals surface area contributed by atoms with Gasteiger partial charge in [-0.25, -0.2) is 4.98 Å². The van der Waals surface area contributed by atoms with Crippen LogP contribution in [-0.2, 0) is 6.54 Å². The van der Waals surface area contributed by atoms with E-state index in [1.807, 2.05) is 6.20 Å². The van der Waals surface area contributed by atoms with Gasteiger partial charge in [0.2, 0.25) is 0 Å². The molecular formula is C14H23N3OS. The van der Waals surface area contributed by atoms with Crippen LogP contribution < -0.4 is 5.32 Å². The van der Waals surface area contributed by atoms with Crippen LogP contribution in [0, 0.1) is 0 Å². The maximum atomic E-state index is 9.83. The third-order valence-corrected chi connectivity index (χ3v) is 5.22. The zero-order valence-electron chi connectivity index (χ0n) is 11.5. The van der Waals surface area contributed by atoms with Crippen molar-refractivity contribution in [2.24, 2.45) is 0 Å². The number of hydrogen-bond acceptors (Lipinski definition) is 5. The van der Waals surface area contributed by atoms with Gasteiger partial charge in [-0.15, -0.1) is 11.3 Å². The van der Waals surface area contributed by atoms with E-state index in [2.05, 4.69) is 22.1 Å². The predicted octanol–water partition coefficient (Wildman–Crippen LogP) is 2.45. The van der Waals surface area contributed by atoms with Gasteiger partial charge in [-0.1, -0.05) is 6.92 Å². The minimum absolute atomic E-state index is 0.0722. The molecule has 106 valence electrons. The van der Waals surface area contributed by atoms with E-state index >= 15 is 0 Å². The first kappa shape index (κ1) is 13.3. The van der Waals surface area contributed by atoms with Gasteiger partial charge in [-0.2, -0.15) is 0 Å². The fraction of sp³-hybridized carbons (Fsp3) is 0.786. The normalized spacial score (nSPS) is 30.7. The molecule has 0 amide bonds. The minimum Gasteiger partial charge on any atom is -0.393 e. The van der Waals surface area contributed by atoms with E-state index in [0.29, 0.717) is 12.1 Å². The average molecular weight is 281 g/mol. The number of aliphatic hydroxyl groups excluding tert-OH is 1. The Labute approximate surface area is 118 Å². The van der Waals surface area contributed by atoms with E-state index in [1.165, 1.54) is 17.7 Å². The molecule has 3 heterocycles. The highest BCUT2D eigenvalue weighted by atomic mass is 32.1. The summed E-state index contributed by atoms with van der Waals surface area (Å²) in [5.74, 6) is 0. The van der Waals surface area contributed by atoms with Crippen LogP contribution >= 0.6 is 11.3 Å². The van der Waals surface area contributed by atoms with Gasteiger partial charge < -0.3 is 10.4 Å². The molecule has 0 radical (unpaired) electrons. The first-order valence-electron chi connectivity index (χ1n) is 7.38. The number of fused-ring (bicyclic) bond motifs is 2. The Morgan fingerprint density at radius 3 is 2.84 bits per heavy atom. The van der Waals surface area contributed by atoms with Crippen molar-refractivity contribution in [3.8, 4) is 0 Å². The van der Waals surface area contributed by atoms with Crippen molar-refractivity contribution in [2.75, 3.05) is 11.9 Å². The standard InChI is InChI=1S/C14H23N3OS/c1-2-5-15-14-16-8-13(19-14)9-17-10-3-4-11(17)7-12(18)6-10/h8,10-12,18H,2-7,9H2,1H3,(H,15,16). The summed E-state index contributed by atoms with van der Waals surface area (Å²) in [5, 5.41) is 14.2. The fourth-order valence-corrected chi connectivity index (χ4v) is 4.22. The highest BCUT2D eigenvalue weighted by molar-refractivity contribution is 7.15. The fourth-order valence-electron chi connectivity index (χ4n) is 3.38. The number of anilines is 1. The maximum Gasteiger partial charge on any atom is 0.182 e. The molecule has 2 N–H and O–H groups in total. The molecular weight excluding hydrogens is 258 g/mol. The van der Waals surface area contributed by atoms with Gasteiger partial charge >= 0.3 is 0 Å². The van der Waals surface area contributed by atoms with Gasteiger partial charge in [0.25, 0.3) is 0 Å². The molecule has 2 aliphatic heterocycles. The molecule has 2 bridgehead atoms. The van der Waals surface area contributed by atoms with Crippen LogP contribution in [0.3, 0.4) is 0 Å². The Hall–Kier alpha value is -0.650. The number of aliphatic hydroxyl groups is 1. The van der Waals surface area contributed by atoms with Crippen LogP contribution in [0.1, 0.15) is 43.9 Å². The lowest BCUT2D eigenvalue weighted by atomic mass is 10.00. The van der Waals surface area contributed by atoms with Gasteiger partial charge in [-0.3, -0.25) is 4.90 Å². The Bertz CT molecular complexity index is 409. The minimum atomic E-state index is -0.0722. The molecule has 2 unspecified atom stereocenters. The van der Waals surface area contributed by atoms with Crippen molar-refractivity contribution in [3.63, 3.8) is 0 Å². The second-order valence-corrected chi connectivity index (χ2v) is 6.86. The summed E-state index contributed by atoms with van der Waals surface area (Å²) in [7, 11) is 0. The zero-order chi connectivity index (χ0) is 13.2. The number of rotatable bonds is 5. The Morgan fingerprint density at radius 1 is 1.42 bits per heavy atom. The van der Waals surface area contributed by atoms with Crippen LogP contribution in [0.5, 0.6) is 0 Å². The SMILES string of the molecule is CCCNc1ncc(CN2C3CCC2CC(O)C3)s1. The maximum absolute atomic E-state index is 9.83. The van der Waals surface area contributed by atoms with E-state index in [-0.39, 0.29) is 6.10 Å². The van der Waals surface area contributed by atoms with Crippen molar-refractivity contribution < 1.29 is 5.11 Å². The molecule has 5 heteroatoms. The molecule has 4 nitrogen and oxygen atoms in total. The number of hydrogen-bond donors (Lipinski definition) is 2. The van der Waals surface area contributed by atoms with Crippen LogP contribution in [-0.4, -0.2) is 39.7 Å². The molecule has 2 saturated heterocycles. The van der Waals surface area contributed by atoms with Gasteiger partial charge in [0.15, 0.2) is 5.13 Å². The van der Waals surface area contributed by atoms with Crippen LogP contribution in [0.2, 0.25) is 0 Å². The number of aromatic nitrogens is 1. The Balaban J connectivity index is 1.61. The Kier molecular flexibility index (Phi) is 4.05. The van der Waals surface area contributed by atoms with E-state index < -0.39 is 0 Å². The second-order valence-electron chi connectivity index (χ2n) is 5.74. The zero-order valence-corrected chi connectivity index (χ0v) is 12.3. The molecule has 0 spiro atoms. The summed E-state index contributed by atoms with van der Waals surface area (Å²) in [5.41, 5.74) is 0. The van der Waals surface area contributed by atoms with Crippen molar-refractivity contribution in [1.29, 1.82) is 0 Å². The van der Waals surface area contributed by atoms with Crippen LogP contribution in [0.4, 0.5) is 5.13 Å². The van der Waals surface area contributed by atoms with Crippen molar-refractivity contribution in [2.45, 2.75) is 63.8 Å². The van der Waals surface area contributed by atoms with E-state index in [4.69, 9.17) is 0 Å². The topological polar surface area (TPSA) is 48.4 Å². The van der Waals surface area contributed by atoms with E-state index in [9.17, 15) is 5.11 Å². The summed E-state index contributed by atoms with van der Waals surface area (Å²) >= 11 is 1.77. The summed E-state index contributed by atoms with van der Waals surface area (Å²) < 4.78 is 0. The van der Waals surface area contributed by atoms with Gasteiger partial charge in [-0.05, 0) is 32.1 Å². The first-order chi connectivity index (χ1) is 9.26. The first-order valence-corrected chi connectivity index (χ1v) is 8.20.